The minimum Gasteiger partial charge on any atom is -0.317 e. The number of nitrogens with zero attached hydrogens (tertiary/aromatic N) is 2. The van der Waals surface area contributed by atoms with Crippen molar-refractivity contribution in [3.05, 3.63) is 17.5 Å². The molecule has 1 heterocycles. The second kappa shape index (κ2) is 6.51. The smallest absolute Gasteiger partial charge is 0.0624 e. The van der Waals surface area contributed by atoms with Crippen molar-refractivity contribution >= 4 is 0 Å². The molecule has 3 unspecified atom stereocenters. The molecule has 0 aliphatic heterocycles. The lowest BCUT2D eigenvalue weighted by atomic mass is 9.64. The fourth-order valence-corrected chi connectivity index (χ4v) is 4.14. The van der Waals surface area contributed by atoms with Crippen LogP contribution in [0.1, 0.15) is 58.3 Å². The van der Waals surface area contributed by atoms with Gasteiger partial charge in [-0.25, -0.2) is 0 Å². The molecule has 3 atom stereocenters. The predicted octanol–water partition coefficient (Wildman–Crippen LogP) is 3.58. The molecule has 1 aromatic rings. The summed E-state index contributed by atoms with van der Waals surface area (Å²) in [5.74, 6) is 1.61. The van der Waals surface area contributed by atoms with Gasteiger partial charge in [0, 0.05) is 18.8 Å². The Morgan fingerprint density at radius 2 is 2.10 bits per heavy atom. The second-order valence-corrected chi connectivity index (χ2v) is 7.69. The Kier molecular flexibility index (Phi) is 5.13. The van der Waals surface area contributed by atoms with E-state index in [0.29, 0.717) is 11.5 Å². The highest BCUT2D eigenvalue weighted by Gasteiger charge is 2.38. The lowest BCUT2D eigenvalue weighted by Crippen LogP contribution is -2.46. The summed E-state index contributed by atoms with van der Waals surface area (Å²) < 4.78 is 2.08. The fourth-order valence-electron chi connectivity index (χ4n) is 4.14. The lowest BCUT2D eigenvalue weighted by Gasteiger charge is -2.44. The van der Waals surface area contributed by atoms with E-state index in [4.69, 9.17) is 0 Å². The van der Waals surface area contributed by atoms with Gasteiger partial charge in [0.1, 0.15) is 0 Å². The summed E-state index contributed by atoms with van der Waals surface area (Å²) in [6, 6.07) is 2.95. The maximum Gasteiger partial charge on any atom is 0.0624 e. The van der Waals surface area contributed by atoms with Crippen molar-refractivity contribution in [1.82, 2.24) is 15.1 Å². The highest BCUT2D eigenvalue weighted by atomic mass is 15.3. The highest BCUT2D eigenvalue weighted by molar-refractivity contribution is 5.12. The van der Waals surface area contributed by atoms with E-state index in [0.717, 1.165) is 24.7 Å². The molecular formula is C18H33N3. The van der Waals surface area contributed by atoms with Crippen LogP contribution in [0.4, 0.5) is 0 Å². The Morgan fingerprint density at radius 3 is 2.67 bits per heavy atom. The Labute approximate surface area is 130 Å². The van der Waals surface area contributed by atoms with E-state index < -0.39 is 0 Å². The number of hydrogen-bond acceptors (Lipinski definition) is 2. The van der Waals surface area contributed by atoms with Crippen LogP contribution in [-0.2, 0) is 19.9 Å². The molecule has 1 N–H and O–H groups in total. The van der Waals surface area contributed by atoms with Crippen LogP contribution >= 0.6 is 0 Å². The maximum atomic E-state index is 4.61. The van der Waals surface area contributed by atoms with Gasteiger partial charge >= 0.3 is 0 Å². The topological polar surface area (TPSA) is 29.9 Å². The van der Waals surface area contributed by atoms with Crippen molar-refractivity contribution in [3.8, 4) is 0 Å². The van der Waals surface area contributed by atoms with Crippen LogP contribution in [0.15, 0.2) is 6.07 Å². The average Bonchev–Trinajstić information content (AvgIpc) is 2.78. The van der Waals surface area contributed by atoms with Gasteiger partial charge in [-0.3, -0.25) is 4.68 Å². The maximum absolute atomic E-state index is 4.61. The number of hydrogen-bond donors (Lipinski definition) is 1. The summed E-state index contributed by atoms with van der Waals surface area (Å²) in [5, 5.41) is 8.20. The zero-order chi connectivity index (χ0) is 15.6. The van der Waals surface area contributed by atoms with Gasteiger partial charge in [-0.1, -0.05) is 34.1 Å². The highest BCUT2D eigenvalue weighted by Crippen LogP contribution is 2.42. The number of nitrogens with one attached hydrogen (secondary N) is 1. The molecule has 0 radical (unpaired) electrons. The first-order chi connectivity index (χ1) is 9.87. The molecule has 0 amide bonds. The Hall–Kier alpha value is -0.830. The Morgan fingerprint density at radius 1 is 1.38 bits per heavy atom. The molecule has 0 spiro atoms. The summed E-state index contributed by atoms with van der Waals surface area (Å²) >= 11 is 0. The van der Waals surface area contributed by atoms with Gasteiger partial charge in [0.15, 0.2) is 0 Å². The molecule has 1 aromatic heterocycles. The van der Waals surface area contributed by atoms with Crippen molar-refractivity contribution in [2.24, 2.45) is 24.3 Å². The van der Waals surface area contributed by atoms with Gasteiger partial charge < -0.3 is 5.32 Å². The van der Waals surface area contributed by atoms with E-state index >= 15 is 0 Å². The van der Waals surface area contributed by atoms with Crippen molar-refractivity contribution in [2.45, 2.75) is 65.8 Å². The van der Waals surface area contributed by atoms with Crippen LogP contribution < -0.4 is 5.32 Å². The first-order valence-corrected chi connectivity index (χ1v) is 8.56. The number of rotatable bonds is 5. The summed E-state index contributed by atoms with van der Waals surface area (Å²) in [6.07, 6.45) is 6.17. The average molecular weight is 291 g/mol. The van der Waals surface area contributed by atoms with E-state index in [-0.39, 0.29) is 0 Å². The van der Waals surface area contributed by atoms with Crippen molar-refractivity contribution in [2.75, 3.05) is 7.05 Å². The zero-order valence-corrected chi connectivity index (χ0v) is 14.7. The molecule has 0 bridgehead atoms. The summed E-state index contributed by atoms with van der Waals surface area (Å²) in [6.45, 7) is 9.45. The molecule has 120 valence electrons. The minimum absolute atomic E-state index is 0.312. The van der Waals surface area contributed by atoms with Crippen LogP contribution in [-0.4, -0.2) is 22.9 Å². The van der Waals surface area contributed by atoms with E-state index in [1.54, 1.807) is 0 Å². The number of aromatic nitrogens is 2. The van der Waals surface area contributed by atoms with Gasteiger partial charge in [0.2, 0.25) is 0 Å². The fraction of sp³-hybridized carbons (Fsp3) is 0.833. The monoisotopic (exact) mass is 291 g/mol. The van der Waals surface area contributed by atoms with Gasteiger partial charge in [0.25, 0.3) is 0 Å². The quantitative estimate of drug-likeness (QED) is 0.898. The van der Waals surface area contributed by atoms with E-state index in [1.165, 1.54) is 30.7 Å². The van der Waals surface area contributed by atoms with E-state index in [1.807, 2.05) is 0 Å². The number of aryl methyl sites for hydroxylation is 2. The molecule has 3 nitrogen and oxygen atoms in total. The van der Waals surface area contributed by atoms with Gasteiger partial charge in [0.05, 0.1) is 5.69 Å². The summed E-state index contributed by atoms with van der Waals surface area (Å²) in [7, 11) is 4.22. The van der Waals surface area contributed by atoms with Gasteiger partial charge in [-0.2, -0.15) is 5.10 Å². The third kappa shape index (κ3) is 3.68. The SMILES string of the molecule is CCc1cc(CC(C)(C)C2CCC(C)CC2NC)n(C)n1. The molecular weight excluding hydrogens is 258 g/mol. The normalized spacial score (nSPS) is 27.0. The minimum atomic E-state index is 0.312. The molecule has 1 aliphatic rings. The van der Waals surface area contributed by atoms with E-state index in [2.05, 4.69) is 63.0 Å². The van der Waals surface area contributed by atoms with Crippen LogP contribution in [0.25, 0.3) is 0 Å². The lowest BCUT2D eigenvalue weighted by molar-refractivity contribution is 0.0964. The largest absolute Gasteiger partial charge is 0.317 e. The third-order valence-corrected chi connectivity index (χ3v) is 5.51. The molecule has 0 aromatic carbocycles. The van der Waals surface area contributed by atoms with Crippen molar-refractivity contribution in [3.63, 3.8) is 0 Å². The first kappa shape index (κ1) is 16.5. The molecule has 0 saturated heterocycles. The van der Waals surface area contributed by atoms with Crippen LogP contribution in [0, 0.1) is 17.3 Å². The summed E-state index contributed by atoms with van der Waals surface area (Å²) in [4.78, 5) is 0. The van der Waals surface area contributed by atoms with Crippen molar-refractivity contribution in [1.29, 1.82) is 0 Å². The molecule has 3 heteroatoms. The predicted molar refractivity (Wildman–Crippen MR) is 89.4 cm³/mol. The van der Waals surface area contributed by atoms with Gasteiger partial charge in [-0.15, -0.1) is 0 Å². The second-order valence-electron chi connectivity index (χ2n) is 7.69. The van der Waals surface area contributed by atoms with Crippen LogP contribution in [0.2, 0.25) is 0 Å². The first-order valence-electron chi connectivity index (χ1n) is 8.56. The third-order valence-electron chi connectivity index (χ3n) is 5.51. The standard InChI is InChI=1S/C18H33N3/c1-7-14-11-15(21(6)20-14)12-18(3,4)16-9-8-13(2)10-17(16)19-5/h11,13,16-17,19H,7-10,12H2,1-6H3. The molecule has 1 fully saturated rings. The molecule has 21 heavy (non-hydrogen) atoms. The van der Waals surface area contributed by atoms with E-state index in [9.17, 15) is 0 Å². The molecule has 1 aliphatic carbocycles. The van der Waals surface area contributed by atoms with Gasteiger partial charge in [-0.05, 0) is 56.0 Å². The van der Waals surface area contributed by atoms with Crippen LogP contribution in [0.5, 0.6) is 0 Å². The van der Waals surface area contributed by atoms with Crippen LogP contribution in [0.3, 0.4) is 0 Å². The summed E-state index contributed by atoms with van der Waals surface area (Å²) in [5.41, 5.74) is 2.91. The molecule has 2 rings (SSSR count). The van der Waals surface area contributed by atoms with Crippen molar-refractivity contribution < 1.29 is 0 Å². The molecule has 1 saturated carbocycles. The Balaban J connectivity index is 2.14. The Bertz CT molecular complexity index is 461. The zero-order valence-electron chi connectivity index (χ0n) is 14.7.